The third kappa shape index (κ3) is 2.94. The number of rotatable bonds is 4. The van der Waals surface area contributed by atoms with Crippen molar-refractivity contribution in [3.8, 4) is 11.5 Å². The lowest BCUT2D eigenvalue weighted by Crippen LogP contribution is -2.45. The summed E-state index contributed by atoms with van der Waals surface area (Å²) in [4.78, 5) is 0. The first kappa shape index (κ1) is 13.0. The Kier molecular flexibility index (Phi) is 3.88. The fourth-order valence-electron chi connectivity index (χ4n) is 2.41. The molecule has 2 aromatic rings. The molecule has 0 amide bonds. The van der Waals surface area contributed by atoms with E-state index in [4.69, 9.17) is 15.2 Å². The molecule has 0 bridgehead atoms. The fraction of sp³-hybridized carbons (Fsp3) is 0.294. The maximum Gasteiger partial charge on any atom is 0.161 e. The molecule has 3 rings (SSSR count). The molecule has 2 N–H and O–H groups in total. The summed E-state index contributed by atoms with van der Waals surface area (Å²) in [5.74, 6) is 1.60. The predicted octanol–water partition coefficient (Wildman–Crippen LogP) is 2.79. The van der Waals surface area contributed by atoms with E-state index >= 15 is 0 Å². The number of hydrogen-bond acceptors (Lipinski definition) is 3. The van der Waals surface area contributed by atoms with E-state index in [0.717, 1.165) is 24.3 Å². The zero-order chi connectivity index (χ0) is 13.8. The predicted molar refractivity (Wildman–Crippen MR) is 79.1 cm³/mol. The van der Waals surface area contributed by atoms with Crippen LogP contribution in [0.5, 0.6) is 11.5 Å². The van der Waals surface area contributed by atoms with Gasteiger partial charge in [0.1, 0.15) is 12.7 Å². The minimum atomic E-state index is -0.0754. The topological polar surface area (TPSA) is 44.5 Å². The molecule has 0 saturated carbocycles. The monoisotopic (exact) mass is 269 g/mol. The largest absolute Gasteiger partial charge is 0.486 e. The highest BCUT2D eigenvalue weighted by Crippen LogP contribution is 2.31. The zero-order valence-corrected chi connectivity index (χ0v) is 11.4. The Morgan fingerprint density at radius 1 is 1.00 bits per heavy atom. The Bertz CT molecular complexity index is 556. The second-order valence-corrected chi connectivity index (χ2v) is 5.10. The average molecular weight is 269 g/mol. The standard InChI is InChI=1S/C17H19NO2/c18-14(11-10-13-6-2-1-3-7-13)17-12-19-15-8-4-5-9-16(15)20-17/h1-9,14,17H,10-12,18H2/t14-,17-/m0/s1. The van der Waals surface area contributed by atoms with Crippen LogP contribution < -0.4 is 15.2 Å². The summed E-state index contributed by atoms with van der Waals surface area (Å²) in [6, 6.07) is 18.1. The van der Waals surface area contributed by atoms with Gasteiger partial charge in [-0.1, -0.05) is 42.5 Å². The smallest absolute Gasteiger partial charge is 0.161 e. The summed E-state index contributed by atoms with van der Waals surface area (Å²) in [6.45, 7) is 0.521. The van der Waals surface area contributed by atoms with Gasteiger partial charge >= 0.3 is 0 Å². The van der Waals surface area contributed by atoms with Crippen LogP contribution in [0.3, 0.4) is 0 Å². The van der Waals surface area contributed by atoms with Gasteiger partial charge in [-0.25, -0.2) is 0 Å². The first-order valence-electron chi connectivity index (χ1n) is 7.01. The second-order valence-electron chi connectivity index (χ2n) is 5.10. The van der Waals surface area contributed by atoms with E-state index in [9.17, 15) is 0 Å². The molecule has 3 heteroatoms. The van der Waals surface area contributed by atoms with Crippen LogP contribution in [0.15, 0.2) is 54.6 Å². The Labute approximate surface area is 119 Å². The molecule has 0 saturated heterocycles. The van der Waals surface area contributed by atoms with E-state index in [1.165, 1.54) is 5.56 Å². The van der Waals surface area contributed by atoms with Gasteiger partial charge in [-0.2, -0.15) is 0 Å². The van der Waals surface area contributed by atoms with Crippen LogP contribution in [0, 0.1) is 0 Å². The van der Waals surface area contributed by atoms with Crippen molar-refractivity contribution in [2.75, 3.05) is 6.61 Å². The van der Waals surface area contributed by atoms with Crippen LogP contribution >= 0.6 is 0 Å². The van der Waals surface area contributed by atoms with Crippen LogP contribution in [0.2, 0.25) is 0 Å². The molecule has 0 radical (unpaired) electrons. The third-order valence-electron chi connectivity index (χ3n) is 3.62. The Morgan fingerprint density at radius 2 is 1.70 bits per heavy atom. The number of para-hydroxylation sites is 2. The van der Waals surface area contributed by atoms with Gasteiger partial charge in [0.2, 0.25) is 0 Å². The molecular formula is C17H19NO2. The lowest BCUT2D eigenvalue weighted by Gasteiger charge is -2.30. The van der Waals surface area contributed by atoms with E-state index in [1.54, 1.807) is 0 Å². The number of fused-ring (bicyclic) bond motifs is 1. The van der Waals surface area contributed by atoms with Crippen LogP contribution in [0.25, 0.3) is 0 Å². The summed E-state index contributed by atoms with van der Waals surface area (Å²) < 4.78 is 11.6. The van der Waals surface area contributed by atoms with Crippen LogP contribution in [0.1, 0.15) is 12.0 Å². The molecule has 2 atom stereocenters. The quantitative estimate of drug-likeness (QED) is 0.928. The third-order valence-corrected chi connectivity index (χ3v) is 3.62. The van der Waals surface area contributed by atoms with Crippen molar-refractivity contribution in [3.63, 3.8) is 0 Å². The van der Waals surface area contributed by atoms with Crippen LogP contribution in [0.4, 0.5) is 0 Å². The van der Waals surface area contributed by atoms with E-state index in [0.29, 0.717) is 6.61 Å². The summed E-state index contributed by atoms with van der Waals surface area (Å²) in [5, 5.41) is 0. The van der Waals surface area contributed by atoms with E-state index < -0.39 is 0 Å². The van der Waals surface area contributed by atoms with E-state index in [2.05, 4.69) is 24.3 Å². The molecule has 0 spiro atoms. The van der Waals surface area contributed by atoms with E-state index in [1.807, 2.05) is 30.3 Å². The molecule has 104 valence electrons. The van der Waals surface area contributed by atoms with Gasteiger partial charge < -0.3 is 15.2 Å². The van der Waals surface area contributed by atoms with Crippen molar-refractivity contribution in [3.05, 3.63) is 60.2 Å². The van der Waals surface area contributed by atoms with Gasteiger partial charge in [-0.05, 0) is 30.5 Å². The van der Waals surface area contributed by atoms with Crippen molar-refractivity contribution >= 4 is 0 Å². The molecule has 3 nitrogen and oxygen atoms in total. The number of aryl methyl sites for hydroxylation is 1. The van der Waals surface area contributed by atoms with Gasteiger partial charge in [-0.15, -0.1) is 0 Å². The molecule has 1 heterocycles. The van der Waals surface area contributed by atoms with Gasteiger partial charge in [0.05, 0.1) is 0 Å². The Hall–Kier alpha value is -2.00. The first-order chi connectivity index (χ1) is 9.83. The fourth-order valence-corrected chi connectivity index (χ4v) is 2.41. The number of hydrogen-bond donors (Lipinski definition) is 1. The van der Waals surface area contributed by atoms with Gasteiger partial charge in [0.25, 0.3) is 0 Å². The molecule has 1 aliphatic heterocycles. The highest BCUT2D eigenvalue weighted by Gasteiger charge is 2.26. The van der Waals surface area contributed by atoms with Crippen LogP contribution in [-0.4, -0.2) is 18.8 Å². The number of benzene rings is 2. The summed E-state index contributed by atoms with van der Waals surface area (Å²) >= 11 is 0. The van der Waals surface area contributed by atoms with Crippen molar-refractivity contribution in [2.45, 2.75) is 25.0 Å². The number of ether oxygens (including phenoxy) is 2. The molecule has 0 fully saturated rings. The lowest BCUT2D eigenvalue weighted by atomic mass is 10.0. The molecule has 0 aromatic heterocycles. The Morgan fingerprint density at radius 3 is 2.50 bits per heavy atom. The normalized spacial score (nSPS) is 18.6. The molecular weight excluding hydrogens is 250 g/mol. The highest BCUT2D eigenvalue weighted by atomic mass is 16.6. The van der Waals surface area contributed by atoms with Crippen LogP contribution in [-0.2, 0) is 6.42 Å². The van der Waals surface area contributed by atoms with Crippen molar-refractivity contribution < 1.29 is 9.47 Å². The van der Waals surface area contributed by atoms with Gasteiger partial charge in [0, 0.05) is 6.04 Å². The molecule has 0 unspecified atom stereocenters. The molecule has 20 heavy (non-hydrogen) atoms. The maximum absolute atomic E-state index is 6.25. The minimum Gasteiger partial charge on any atom is -0.486 e. The number of nitrogens with two attached hydrogens (primary N) is 1. The van der Waals surface area contributed by atoms with E-state index in [-0.39, 0.29) is 12.1 Å². The summed E-state index contributed by atoms with van der Waals surface area (Å²) in [5.41, 5.74) is 7.55. The minimum absolute atomic E-state index is 0.0245. The van der Waals surface area contributed by atoms with Crippen molar-refractivity contribution in [1.82, 2.24) is 0 Å². The molecule has 2 aromatic carbocycles. The second kappa shape index (κ2) is 5.97. The average Bonchev–Trinajstić information content (AvgIpc) is 2.53. The molecule has 0 aliphatic carbocycles. The maximum atomic E-state index is 6.25. The van der Waals surface area contributed by atoms with Gasteiger partial charge in [-0.3, -0.25) is 0 Å². The van der Waals surface area contributed by atoms with Crippen molar-refractivity contribution in [2.24, 2.45) is 5.73 Å². The molecule has 1 aliphatic rings. The SMILES string of the molecule is N[C@@H](CCc1ccccc1)[C@@H]1COc2ccccc2O1. The Balaban J connectivity index is 1.58. The highest BCUT2D eigenvalue weighted by molar-refractivity contribution is 5.40. The first-order valence-corrected chi connectivity index (χ1v) is 7.01. The van der Waals surface area contributed by atoms with Gasteiger partial charge in [0.15, 0.2) is 11.5 Å². The van der Waals surface area contributed by atoms with Crippen molar-refractivity contribution in [1.29, 1.82) is 0 Å². The lowest BCUT2D eigenvalue weighted by molar-refractivity contribution is 0.0702. The summed E-state index contributed by atoms with van der Waals surface area (Å²) in [6.07, 6.45) is 1.78. The summed E-state index contributed by atoms with van der Waals surface area (Å²) in [7, 11) is 0. The zero-order valence-electron chi connectivity index (χ0n) is 11.4.